The van der Waals surface area contributed by atoms with Crippen molar-refractivity contribution >= 4 is 16.8 Å². The van der Waals surface area contributed by atoms with Gasteiger partial charge in [-0.25, -0.2) is 0 Å². The number of likely N-dealkylation sites (tertiary alicyclic amines) is 1. The Balaban J connectivity index is 1.82. The molecule has 0 radical (unpaired) electrons. The highest BCUT2D eigenvalue weighted by molar-refractivity contribution is 6.69. The average molecular weight is 287 g/mol. The van der Waals surface area contributed by atoms with E-state index in [-0.39, 0.29) is 6.04 Å². The number of hydrogen-bond acceptors (Lipinski definition) is 5. The van der Waals surface area contributed by atoms with E-state index in [1.165, 1.54) is 6.20 Å². The first-order valence-electron chi connectivity index (χ1n) is 6.93. The van der Waals surface area contributed by atoms with Crippen LogP contribution in [0.3, 0.4) is 0 Å². The van der Waals surface area contributed by atoms with Crippen molar-refractivity contribution in [3.8, 4) is 0 Å². The Kier molecular flexibility index (Phi) is 5.48. The van der Waals surface area contributed by atoms with E-state index >= 15 is 0 Å². The van der Waals surface area contributed by atoms with Crippen LogP contribution in [0, 0.1) is 0 Å². The van der Waals surface area contributed by atoms with Crippen molar-refractivity contribution < 1.29 is 4.74 Å². The maximum absolute atomic E-state index is 6.00. The molecule has 2 aliphatic rings. The largest absolute Gasteiger partial charge is 0.403 e. The maximum Gasteiger partial charge on any atom is 0.148 e. The topological polar surface area (TPSA) is 76.9 Å². The molecule has 5 nitrogen and oxygen atoms in total. The first-order valence-corrected chi connectivity index (χ1v) is 7.31. The molecular formula is C13H23ClN4O. The van der Waals surface area contributed by atoms with Gasteiger partial charge in [0.05, 0.1) is 11.7 Å². The Morgan fingerprint density at radius 2 is 1.84 bits per heavy atom. The number of allylic oxidation sites excluding steroid dienone is 1. The van der Waals surface area contributed by atoms with Crippen molar-refractivity contribution in [1.29, 1.82) is 0 Å². The van der Waals surface area contributed by atoms with Crippen LogP contribution in [0.1, 0.15) is 25.7 Å². The maximum atomic E-state index is 6.00. The Bertz CT molecular complexity index is 345. The second-order valence-electron chi connectivity index (χ2n) is 5.15. The van der Waals surface area contributed by atoms with E-state index in [9.17, 15) is 0 Å². The van der Waals surface area contributed by atoms with Crippen LogP contribution in [0.15, 0.2) is 16.9 Å². The monoisotopic (exact) mass is 286 g/mol. The number of rotatable bonds is 3. The average Bonchev–Trinajstić information content (AvgIpc) is 2.48. The van der Waals surface area contributed by atoms with E-state index in [0.29, 0.717) is 16.9 Å². The molecule has 0 aromatic rings. The van der Waals surface area contributed by atoms with Gasteiger partial charge in [0.2, 0.25) is 0 Å². The molecule has 0 spiro atoms. The quantitative estimate of drug-likeness (QED) is 0.760. The molecule has 0 saturated carbocycles. The lowest BCUT2D eigenvalue weighted by Gasteiger charge is -2.38. The highest BCUT2D eigenvalue weighted by Gasteiger charge is 2.26. The normalized spacial score (nSPS) is 25.7. The zero-order valence-corrected chi connectivity index (χ0v) is 12.0. The minimum Gasteiger partial charge on any atom is -0.403 e. The van der Waals surface area contributed by atoms with Crippen LogP contribution in [0.4, 0.5) is 0 Å². The summed E-state index contributed by atoms with van der Waals surface area (Å²) in [7, 11) is 0. The molecule has 19 heavy (non-hydrogen) atoms. The molecule has 2 fully saturated rings. The Morgan fingerprint density at radius 3 is 2.42 bits per heavy atom. The van der Waals surface area contributed by atoms with Crippen molar-refractivity contribution in [1.82, 2.24) is 4.90 Å². The smallest absolute Gasteiger partial charge is 0.148 e. The molecule has 6 heteroatoms. The lowest BCUT2D eigenvalue weighted by molar-refractivity contribution is 0.0256. The summed E-state index contributed by atoms with van der Waals surface area (Å²) in [6.45, 7) is 3.95. The predicted molar refractivity (Wildman–Crippen MR) is 78.2 cm³/mol. The van der Waals surface area contributed by atoms with Crippen molar-refractivity contribution in [2.24, 2.45) is 16.5 Å². The van der Waals surface area contributed by atoms with Gasteiger partial charge < -0.3 is 21.1 Å². The fraction of sp³-hybridized carbons (Fsp3) is 0.769. The Labute approximate surface area is 119 Å². The molecule has 0 aromatic heterocycles. The molecular weight excluding hydrogens is 264 g/mol. The van der Waals surface area contributed by atoms with Gasteiger partial charge >= 0.3 is 0 Å². The fourth-order valence-corrected chi connectivity index (χ4v) is 2.93. The van der Waals surface area contributed by atoms with Gasteiger partial charge in [-0.2, -0.15) is 0 Å². The summed E-state index contributed by atoms with van der Waals surface area (Å²) in [6, 6.07) is 0.949. The fourth-order valence-electron chi connectivity index (χ4n) is 2.73. The van der Waals surface area contributed by atoms with Crippen LogP contribution in [0.5, 0.6) is 0 Å². The van der Waals surface area contributed by atoms with Gasteiger partial charge in [0.25, 0.3) is 0 Å². The van der Waals surface area contributed by atoms with Crippen molar-refractivity contribution in [2.75, 3.05) is 26.3 Å². The number of ether oxygens (including phenoxy) is 1. The molecule has 0 aliphatic carbocycles. The summed E-state index contributed by atoms with van der Waals surface area (Å²) in [5, 5.41) is 0.340. The highest BCUT2D eigenvalue weighted by Crippen LogP contribution is 2.21. The molecule has 0 bridgehead atoms. The van der Waals surface area contributed by atoms with E-state index in [2.05, 4.69) is 9.89 Å². The van der Waals surface area contributed by atoms with Gasteiger partial charge in [0.1, 0.15) is 5.17 Å². The van der Waals surface area contributed by atoms with E-state index in [4.69, 9.17) is 27.8 Å². The summed E-state index contributed by atoms with van der Waals surface area (Å²) < 4.78 is 5.41. The molecule has 2 aliphatic heterocycles. The summed E-state index contributed by atoms with van der Waals surface area (Å²) >= 11 is 6.00. The molecule has 0 unspecified atom stereocenters. The van der Waals surface area contributed by atoms with Crippen LogP contribution < -0.4 is 11.5 Å². The molecule has 2 saturated heterocycles. The zero-order valence-electron chi connectivity index (χ0n) is 11.2. The lowest BCUT2D eigenvalue weighted by atomic mass is 10.00. The molecule has 0 aromatic carbocycles. The van der Waals surface area contributed by atoms with E-state index in [1.807, 2.05) is 0 Å². The number of piperidine rings is 1. The highest BCUT2D eigenvalue weighted by atomic mass is 35.5. The third-order valence-corrected chi connectivity index (χ3v) is 4.24. The van der Waals surface area contributed by atoms with Crippen LogP contribution in [0.25, 0.3) is 0 Å². The van der Waals surface area contributed by atoms with E-state index in [1.54, 1.807) is 0 Å². The number of nitrogens with two attached hydrogens (primary N) is 2. The van der Waals surface area contributed by atoms with Crippen molar-refractivity contribution in [3.05, 3.63) is 11.9 Å². The van der Waals surface area contributed by atoms with Gasteiger partial charge in [0, 0.05) is 38.5 Å². The van der Waals surface area contributed by atoms with Gasteiger partial charge in [-0.1, -0.05) is 11.6 Å². The summed E-state index contributed by atoms with van der Waals surface area (Å²) in [6.07, 6.45) is 5.66. The van der Waals surface area contributed by atoms with Crippen molar-refractivity contribution in [3.63, 3.8) is 0 Å². The van der Waals surface area contributed by atoms with Crippen LogP contribution in [-0.2, 0) is 4.74 Å². The minimum atomic E-state index is 0.266. The standard InChI is InChI=1S/C13H23ClN4O/c14-13(12(16)9-15)17-10-1-5-18(6-2-10)11-3-7-19-8-4-11/h9-11H,1-8,15-16H2/b12-9+,17-13?. The van der Waals surface area contributed by atoms with E-state index in [0.717, 1.165) is 52.0 Å². The van der Waals surface area contributed by atoms with E-state index < -0.39 is 0 Å². The van der Waals surface area contributed by atoms with Gasteiger partial charge in [-0.05, 0) is 25.7 Å². The van der Waals surface area contributed by atoms with Crippen LogP contribution in [0.2, 0.25) is 0 Å². The third kappa shape index (κ3) is 4.09. The number of nitrogens with zero attached hydrogens (tertiary/aromatic N) is 2. The molecule has 2 rings (SSSR count). The summed E-state index contributed by atoms with van der Waals surface area (Å²) in [5.41, 5.74) is 11.3. The minimum absolute atomic E-state index is 0.266. The third-order valence-electron chi connectivity index (χ3n) is 3.92. The number of aliphatic imine (C=N–C) groups is 1. The molecule has 0 atom stereocenters. The Hall–Kier alpha value is -0.780. The molecule has 4 N–H and O–H groups in total. The first kappa shape index (κ1) is 14.6. The van der Waals surface area contributed by atoms with Crippen LogP contribution >= 0.6 is 11.6 Å². The number of hydrogen-bond donors (Lipinski definition) is 2. The van der Waals surface area contributed by atoms with Crippen LogP contribution in [-0.4, -0.2) is 48.5 Å². The molecule has 2 heterocycles. The second-order valence-corrected chi connectivity index (χ2v) is 5.51. The molecule has 0 amide bonds. The predicted octanol–water partition coefficient (Wildman–Crippen LogP) is 1.03. The zero-order chi connectivity index (χ0) is 13.7. The second kappa shape index (κ2) is 7.12. The van der Waals surface area contributed by atoms with Gasteiger partial charge in [-0.3, -0.25) is 4.99 Å². The SMILES string of the molecule is N/C=C(/N)C(Cl)=NC1CCN(C2CCOCC2)CC1. The summed E-state index contributed by atoms with van der Waals surface area (Å²) in [5.74, 6) is 0. The van der Waals surface area contributed by atoms with Gasteiger partial charge in [-0.15, -0.1) is 0 Å². The Morgan fingerprint density at radius 1 is 1.21 bits per heavy atom. The molecule has 108 valence electrons. The first-order chi connectivity index (χ1) is 9.20. The summed E-state index contributed by atoms with van der Waals surface area (Å²) in [4.78, 5) is 7.00. The van der Waals surface area contributed by atoms with Gasteiger partial charge in [0.15, 0.2) is 0 Å². The van der Waals surface area contributed by atoms with Crippen molar-refractivity contribution in [2.45, 2.75) is 37.8 Å². The number of halogens is 1. The lowest BCUT2D eigenvalue weighted by Crippen LogP contribution is -2.45.